The number of carbonyl (C=O) groups is 2. The Morgan fingerprint density at radius 1 is 1.32 bits per heavy atom. The number of likely N-dealkylation sites (tertiary alicyclic amines) is 1. The van der Waals surface area contributed by atoms with E-state index in [2.05, 4.69) is 10.2 Å². The summed E-state index contributed by atoms with van der Waals surface area (Å²) in [7, 11) is 0. The van der Waals surface area contributed by atoms with Gasteiger partial charge in [-0.25, -0.2) is 0 Å². The summed E-state index contributed by atoms with van der Waals surface area (Å²) in [5.74, 6) is -1.56. The van der Waals surface area contributed by atoms with Crippen molar-refractivity contribution in [3.63, 3.8) is 0 Å². The molecule has 0 aromatic heterocycles. The summed E-state index contributed by atoms with van der Waals surface area (Å²) >= 11 is 1.35. The number of rotatable bonds is 13. The maximum Gasteiger partial charge on any atom is 0.405 e. The molecule has 3 rings (SSSR count). The van der Waals surface area contributed by atoms with Gasteiger partial charge in [0.1, 0.15) is 24.8 Å². The highest BCUT2D eigenvalue weighted by molar-refractivity contribution is 8.01. The van der Waals surface area contributed by atoms with E-state index in [4.69, 9.17) is 4.74 Å². The minimum absolute atomic E-state index is 0.0226. The predicted molar refractivity (Wildman–Crippen MR) is 136 cm³/mol. The molecule has 0 saturated carbocycles. The summed E-state index contributed by atoms with van der Waals surface area (Å²) in [5.41, 5.74) is 0.879. The van der Waals surface area contributed by atoms with Gasteiger partial charge >= 0.3 is 6.18 Å². The standard InChI is InChI=1S/C25H34F3N5O3S/c1-2-33-22(14-18(16-29)23(34)31-17-25(26,27)28)37-21(24(33)35)8-9-30-19-6-5-7-20(15-19)36-13-12-32-10-3-4-11-32/h5-7,15,18,21-22,30H,2-4,8-14,17H2,1H3,(H,31,34). The highest BCUT2D eigenvalue weighted by Gasteiger charge is 2.41. The molecule has 8 nitrogen and oxygen atoms in total. The van der Waals surface area contributed by atoms with Crippen LogP contribution in [-0.2, 0) is 9.59 Å². The highest BCUT2D eigenvalue weighted by atomic mass is 32.2. The first-order valence-electron chi connectivity index (χ1n) is 12.6. The number of anilines is 1. The largest absolute Gasteiger partial charge is 0.492 e. The van der Waals surface area contributed by atoms with Crippen molar-refractivity contribution in [1.82, 2.24) is 15.1 Å². The molecule has 2 aliphatic rings. The van der Waals surface area contributed by atoms with Crippen LogP contribution in [0.15, 0.2) is 24.3 Å². The van der Waals surface area contributed by atoms with Gasteiger partial charge in [0, 0.05) is 37.8 Å². The summed E-state index contributed by atoms with van der Waals surface area (Å²) in [4.78, 5) is 29.0. The van der Waals surface area contributed by atoms with Crippen LogP contribution in [0.1, 0.15) is 32.6 Å². The van der Waals surface area contributed by atoms with Crippen LogP contribution < -0.4 is 15.4 Å². The molecule has 2 aliphatic heterocycles. The molecule has 3 atom stereocenters. The molecule has 2 amide bonds. The number of benzene rings is 1. The third kappa shape index (κ3) is 9.00. The lowest BCUT2D eigenvalue weighted by atomic mass is 10.1. The lowest BCUT2D eigenvalue weighted by Gasteiger charge is -2.23. The molecule has 2 N–H and O–H groups in total. The van der Waals surface area contributed by atoms with Crippen LogP contribution >= 0.6 is 11.8 Å². The Balaban J connectivity index is 1.46. The van der Waals surface area contributed by atoms with Crippen LogP contribution in [0.5, 0.6) is 5.75 Å². The van der Waals surface area contributed by atoms with Gasteiger partial charge in [-0.05, 0) is 51.4 Å². The van der Waals surface area contributed by atoms with Crippen molar-refractivity contribution in [2.45, 2.75) is 49.4 Å². The molecule has 2 saturated heterocycles. The summed E-state index contributed by atoms with van der Waals surface area (Å²) in [6, 6.07) is 9.45. The van der Waals surface area contributed by atoms with E-state index in [-0.39, 0.29) is 17.6 Å². The fraction of sp³-hybridized carbons (Fsp3) is 0.640. The van der Waals surface area contributed by atoms with Crippen LogP contribution in [0, 0.1) is 17.2 Å². The molecule has 12 heteroatoms. The zero-order valence-corrected chi connectivity index (χ0v) is 21.7. The Morgan fingerprint density at radius 2 is 2.08 bits per heavy atom. The van der Waals surface area contributed by atoms with E-state index in [1.165, 1.54) is 24.6 Å². The van der Waals surface area contributed by atoms with Crippen LogP contribution in [0.4, 0.5) is 18.9 Å². The van der Waals surface area contributed by atoms with Crippen molar-refractivity contribution in [3.05, 3.63) is 24.3 Å². The Labute approximate surface area is 219 Å². The van der Waals surface area contributed by atoms with Gasteiger partial charge in [0.05, 0.1) is 16.7 Å². The van der Waals surface area contributed by atoms with E-state index in [0.29, 0.717) is 26.1 Å². The van der Waals surface area contributed by atoms with Crippen LogP contribution in [0.25, 0.3) is 0 Å². The predicted octanol–water partition coefficient (Wildman–Crippen LogP) is 3.46. The average Bonchev–Trinajstić information content (AvgIpc) is 3.48. The number of hydrogen-bond acceptors (Lipinski definition) is 7. The maximum atomic E-state index is 12.9. The first-order chi connectivity index (χ1) is 17.7. The fourth-order valence-corrected chi connectivity index (χ4v) is 6.04. The second kappa shape index (κ2) is 13.8. The molecule has 2 heterocycles. The van der Waals surface area contributed by atoms with Crippen LogP contribution in [-0.4, -0.2) is 84.3 Å². The second-order valence-electron chi connectivity index (χ2n) is 9.09. The first kappa shape index (κ1) is 28.9. The summed E-state index contributed by atoms with van der Waals surface area (Å²) in [5, 5.41) is 13.6. The fourth-order valence-electron chi connectivity index (χ4n) is 4.45. The number of nitrogens with zero attached hydrogens (tertiary/aromatic N) is 3. The molecule has 1 aromatic carbocycles. The third-order valence-electron chi connectivity index (χ3n) is 6.39. The van der Waals surface area contributed by atoms with Gasteiger partial charge in [-0.3, -0.25) is 14.5 Å². The number of nitriles is 1. The van der Waals surface area contributed by atoms with Crippen molar-refractivity contribution in [2.24, 2.45) is 5.92 Å². The lowest BCUT2D eigenvalue weighted by Crippen LogP contribution is -2.40. The summed E-state index contributed by atoms with van der Waals surface area (Å²) in [6.45, 7) is 5.01. The molecular weight excluding hydrogens is 507 g/mol. The van der Waals surface area contributed by atoms with E-state index in [9.17, 15) is 28.0 Å². The van der Waals surface area contributed by atoms with E-state index < -0.39 is 29.9 Å². The number of hydrogen-bond donors (Lipinski definition) is 2. The third-order valence-corrected chi connectivity index (χ3v) is 7.91. The monoisotopic (exact) mass is 541 g/mol. The summed E-state index contributed by atoms with van der Waals surface area (Å²) < 4.78 is 43.1. The first-order valence-corrected chi connectivity index (χ1v) is 13.5. The van der Waals surface area contributed by atoms with Crippen LogP contribution in [0.2, 0.25) is 0 Å². The molecule has 2 fully saturated rings. The molecule has 0 radical (unpaired) electrons. The zero-order chi connectivity index (χ0) is 26.8. The number of halogens is 3. The van der Waals surface area contributed by atoms with Crippen molar-refractivity contribution < 1.29 is 27.5 Å². The van der Waals surface area contributed by atoms with E-state index in [1.807, 2.05) is 24.3 Å². The SMILES string of the molecule is CCN1C(=O)C(CCNc2cccc(OCCN3CCCC3)c2)SC1CC(C#N)C(=O)NCC(F)(F)F. The molecule has 0 aliphatic carbocycles. The number of alkyl halides is 3. The topological polar surface area (TPSA) is 97.7 Å². The minimum Gasteiger partial charge on any atom is -0.492 e. The van der Waals surface area contributed by atoms with Crippen molar-refractivity contribution in [1.29, 1.82) is 5.26 Å². The number of thioether (sulfide) groups is 1. The number of carbonyl (C=O) groups excluding carboxylic acids is 2. The molecule has 3 unspecified atom stereocenters. The van der Waals surface area contributed by atoms with Crippen LogP contribution in [0.3, 0.4) is 0 Å². The molecular formula is C25H34F3N5O3S. The molecule has 1 aromatic rings. The van der Waals surface area contributed by atoms with Crippen molar-refractivity contribution in [3.8, 4) is 11.8 Å². The van der Waals surface area contributed by atoms with Crippen molar-refractivity contribution >= 4 is 29.3 Å². The van der Waals surface area contributed by atoms with Gasteiger partial charge in [0.2, 0.25) is 11.8 Å². The number of nitrogens with one attached hydrogen (secondary N) is 2. The van der Waals surface area contributed by atoms with Crippen molar-refractivity contribution in [2.75, 3.05) is 51.2 Å². The normalized spacial score (nSPS) is 21.1. The smallest absolute Gasteiger partial charge is 0.405 e. The lowest BCUT2D eigenvalue weighted by molar-refractivity contribution is -0.140. The van der Waals surface area contributed by atoms with E-state index >= 15 is 0 Å². The average molecular weight is 542 g/mol. The zero-order valence-electron chi connectivity index (χ0n) is 20.9. The van der Waals surface area contributed by atoms with Gasteiger partial charge in [0.25, 0.3) is 0 Å². The highest BCUT2D eigenvalue weighted by Crippen LogP contribution is 2.37. The molecule has 0 spiro atoms. The number of amides is 2. The van der Waals surface area contributed by atoms with E-state index in [0.717, 1.165) is 31.1 Å². The second-order valence-corrected chi connectivity index (χ2v) is 10.5. The maximum absolute atomic E-state index is 12.9. The minimum atomic E-state index is -4.56. The molecule has 204 valence electrons. The van der Waals surface area contributed by atoms with Gasteiger partial charge in [-0.1, -0.05) is 6.07 Å². The quantitative estimate of drug-likeness (QED) is 0.395. The van der Waals surface area contributed by atoms with Gasteiger partial charge in [-0.15, -0.1) is 11.8 Å². The Kier molecular flexibility index (Phi) is 10.8. The van der Waals surface area contributed by atoms with Gasteiger partial charge in [0.15, 0.2) is 0 Å². The summed E-state index contributed by atoms with van der Waals surface area (Å²) in [6.07, 6.45) is -1.57. The number of ether oxygens (including phenoxy) is 1. The van der Waals surface area contributed by atoms with Gasteiger partial charge in [-0.2, -0.15) is 18.4 Å². The Morgan fingerprint density at radius 3 is 2.76 bits per heavy atom. The molecule has 0 bridgehead atoms. The Bertz CT molecular complexity index is 952. The van der Waals surface area contributed by atoms with Gasteiger partial charge < -0.3 is 20.3 Å². The Hall–Kier alpha value is -2.65. The molecule has 37 heavy (non-hydrogen) atoms. The van der Waals surface area contributed by atoms with E-state index in [1.54, 1.807) is 23.2 Å².